The molecule has 2 N–H and O–H groups in total. The van der Waals surface area contributed by atoms with Crippen molar-refractivity contribution in [3.05, 3.63) is 78.8 Å². The van der Waals surface area contributed by atoms with Gasteiger partial charge in [-0.15, -0.1) is 0 Å². The molecule has 1 atom stereocenters. The smallest absolute Gasteiger partial charge is 0.252 e. The van der Waals surface area contributed by atoms with Crippen molar-refractivity contribution in [1.82, 2.24) is 14.7 Å². The van der Waals surface area contributed by atoms with Crippen LogP contribution in [0.2, 0.25) is 0 Å². The Labute approximate surface area is 184 Å². The predicted octanol–water partition coefficient (Wildman–Crippen LogP) is 3.93. The molecule has 7 nitrogen and oxygen atoms in total. The van der Waals surface area contributed by atoms with Crippen LogP contribution in [0.5, 0.6) is 11.5 Å². The Balaban J connectivity index is 1.57. The van der Waals surface area contributed by atoms with E-state index in [1.165, 1.54) is 18.2 Å². The van der Waals surface area contributed by atoms with Crippen LogP contribution in [0.3, 0.4) is 0 Å². The zero-order valence-corrected chi connectivity index (χ0v) is 17.4. The van der Waals surface area contributed by atoms with Crippen LogP contribution >= 0.6 is 0 Å². The number of amides is 2. The molecule has 1 aliphatic rings. The molecule has 1 saturated heterocycles. The fraction of sp³-hybridized carbons (Fsp3) is 0.208. The second-order valence-corrected chi connectivity index (χ2v) is 7.60. The van der Waals surface area contributed by atoms with Gasteiger partial charge in [-0.2, -0.15) is 5.10 Å². The molecule has 1 fully saturated rings. The normalized spacial score (nSPS) is 15.9. The summed E-state index contributed by atoms with van der Waals surface area (Å²) < 4.78 is 20.5. The van der Waals surface area contributed by atoms with Crippen molar-refractivity contribution in [2.45, 2.75) is 18.9 Å². The van der Waals surface area contributed by atoms with Crippen molar-refractivity contribution in [2.75, 3.05) is 13.1 Å². The number of primary amides is 1. The van der Waals surface area contributed by atoms with Gasteiger partial charge in [-0.05, 0) is 67.4 Å². The summed E-state index contributed by atoms with van der Waals surface area (Å²) in [7, 11) is 0. The summed E-state index contributed by atoms with van der Waals surface area (Å²) in [6, 6.07) is 12.7. The first kappa shape index (κ1) is 21.3. The largest absolute Gasteiger partial charge is 0.457 e. The molecule has 0 aliphatic carbocycles. The molecule has 3 aromatic rings. The maximum Gasteiger partial charge on any atom is 0.252 e. The number of hydrogen-bond acceptors (Lipinski definition) is 4. The number of halogens is 1. The van der Waals surface area contributed by atoms with E-state index >= 15 is 0 Å². The van der Waals surface area contributed by atoms with E-state index < -0.39 is 5.91 Å². The molecule has 2 aromatic carbocycles. The summed E-state index contributed by atoms with van der Waals surface area (Å²) >= 11 is 0. The van der Waals surface area contributed by atoms with Crippen molar-refractivity contribution in [3.63, 3.8) is 0 Å². The Morgan fingerprint density at radius 1 is 1.12 bits per heavy atom. The Bertz CT molecular complexity index is 1140. The summed E-state index contributed by atoms with van der Waals surface area (Å²) in [5, 5.41) is 4.64. The number of nitrogens with zero attached hydrogens (tertiary/aromatic N) is 3. The number of benzene rings is 2. The minimum atomic E-state index is -0.576. The molecular weight excluding hydrogens is 411 g/mol. The quantitative estimate of drug-likeness (QED) is 0.595. The van der Waals surface area contributed by atoms with Crippen molar-refractivity contribution in [1.29, 1.82) is 0 Å². The van der Waals surface area contributed by atoms with Gasteiger partial charge in [-0.1, -0.05) is 6.58 Å². The summed E-state index contributed by atoms with van der Waals surface area (Å²) in [4.78, 5) is 25.8. The van der Waals surface area contributed by atoms with Gasteiger partial charge < -0.3 is 15.4 Å². The summed E-state index contributed by atoms with van der Waals surface area (Å²) in [5.74, 6) is 0.0438. The summed E-state index contributed by atoms with van der Waals surface area (Å²) in [6.45, 7) is 4.72. The lowest BCUT2D eigenvalue weighted by Crippen LogP contribution is -2.40. The third-order valence-corrected chi connectivity index (χ3v) is 5.43. The monoisotopic (exact) mass is 434 g/mol. The number of hydrogen-bond donors (Lipinski definition) is 1. The molecule has 1 unspecified atom stereocenters. The van der Waals surface area contributed by atoms with Gasteiger partial charge in [0.1, 0.15) is 23.0 Å². The first-order valence-corrected chi connectivity index (χ1v) is 10.3. The predicted molar refractivity (Wildman–Crippen MR) is 118 cm³/mol. The van der Waals surface area contributed by atoms with E-state index in [-0.39, 0.29) is 17.8 Å². The third-order valence-electron chi connectivity index (χ3n) is 5.43. The zero-order valence-electron chi connectivity index (χ0n) is 17.4. The lowest BCUT2D eigenvalue weighted by molar-refractivity contribution is -0.127. The van der Waals surface area contributed by atoms with Gasteiger partial charge in [-0.3, -0.25) is 14.3 Å². The molecule has 2 amide bonds. The van der Waals surface area contributed by atoms with Crippen LogP contribution in [0.4, 0.5) is 4.39 Å². The Morgan fingerprint density at radius 2 is 1.78 bits per heavy atom. The van der Waals surface area contributed by atoms with Crippen LogP contribution in [0.25, 0.3) is 11.3 Å². The van der Waals surface area contributed by atoms with Crippen molar-refractivity contribution >= 4 is 11.8 Å². The Morgan fingerprint density at radius 3 is 2.41 bits per heavy atom. The van der Waals surface area contributed by atoms with Gasteiger partial charge in [0.05, 0.1) is 11.6 Å². The molecule has 1 aromatic heterocycles. The van der Waals surface area contributed by atoms with Crippen LogP contribution in [0, 0.1) is 5.82 Å². The van der Waals surface area contributed by atoms with E-state index in [1.807, 2.05) is 0 Å². The summed E-state index contributed by atoms with van der Waals surface area (Å²) in [6.07, 6.45) is 4.62. The van der Waals surface area contributed by atoms with Crippen LogP contribution in [0.15, 0.2) is 67.4 Å². The van der Waals surface area contributed by atoms with E-state index in [2.05, 4.69) is 11.7 Å². The molecule has 32 heavy (non-hydrogen) atoms. The first-order chi connectivity index (χ1) is 15.4. The highest BCUT2D eigenvalue weighted by Gasteiger charge is 2.26. The fourth-order valence-corrected chi connectivity index (χ4v) is 3.79. The number of nitrogens with two attached hydrogens (primary N) is 1. The number of likely N-dealkylation sites (tertiary alicyclic amines) is 1. The van der Waals surface area contributed by atoms with Gasteiger partial charge in [0.2, 0.25) is 5.91 Å². The molecule has 164 valence electrons. The number of piperidine rings is 1. The number of rotatable bonds is 6. The second-order valence-electron chi connectivity index (χ2n) is 7.60. The van der Waals surface area contributed by atoms with Crippen molar-refractivity contribution in [2.24, 2.45) is 5.73 Å². The lowest BCUT2D eigenvalue weighted by Gasteiger charge is -2.32. The number of carbonyl (C=O) groups excluding carboxylic acids is 2. The van der Waals surface area contributed by atoms with E-state index in [1.54, 1.807) is 52.2 Å². The molecule has 0 saturated carbocycles. The van der Waals surface area contributed by atoms with Crippen LogP contribution in [-0.2, 0) is 4.79 Å². The summed E-state index contributed by atoms with van der Waals surface area (Å²) in [5.41, 5.74) is 7.10. The minimum Gasteiger partial charge on any atom is -0.457 e. The molecule has 8 heteroatoms. The van der Waals surface area contributed by atoms with E-state index in [0.29, 0.717) is 41.4 Å². The van der Waals surface area contributed by atoms with E-state index in [0.717, 1.165) is 12.8 Å². The first-order valence-electron chi connectivity index (χ1n) is 10.3. The van der Waals surface area contributed by atoms with Crippen LogP contribution in [0.1, 0.15) is 29.2 Å². The van der Waals surface area contributed by atoms with Crippen molar-refractivity contribution < 1.29 is 18.7 Å². The van der Waals surface area contributed by atoms with Gasteiger partial charge in [0, 0.05) is 24.8 Å². The van der Waals surface area contributed by atoms with Gasteiger partial charge in [0.25, 0.3) is 5.91 Å². The number of carbonyl (C=O) groups is 2. The molecular formula is C24H23FN4O3. The van der Waals surface area contributed by atoms with Crippen LogP contribution < -0.4 is 10.5 Å². The average molecular weight is 434 g/mol. The van der Waals surface area contributed by atoms with Crippen molar-refractivity contribution in [3.8, 4) is 22.8 Å². The fourth-order valence-electron chi connectivity index (χ4n) is 3.79. The highest BCUT2D eigenvalue weighted by molar-refractivity contribution is 5.98. The highest BCUT2D eigenvalue weighted by Crippen LogP contribution is 2.29. The third kappa shape index (κ3) is 4.54. The average Bonchev–Trinajstić information content (AvgIpc) is 3.27. The number of ether oxygens (including phenoxy) is 1. The molecule has 1 aliphatic heterocycles. The SMILES string of the molecule is C=CC(=O)N1CCCC(n2cc(C(N)=O)c(-c3ccc(Oc4ccc(F)cc4)cc3)n2)C1. The highest BCUT2D eigenvalue weighted by atomic mass is 19.1. The van der Waals surface area contributed by atoms with E-state index in [9.17, 15) is 14.0 Å². The maximum absolute atomic E-state index is 13.1. The van der Waals surface area contributed by atoms with E-state index in [4.69, 9.17) is 10.5 Å². The lowest BCUT2D eigenvalue weighted by atomic mass is 10.1. The van der Waals surface area contributed by atoms with Gasteiger partial charge >= 0.3 is 0 Å². The second kappa shape index (κ2) is 9.05. The molecule has 2 heterocycles. The standard InChI is InChI=1S/C24H23FN4O3/c1-2-22(30)28-13-3-4-18(14-28)29-15-21(24(26)31)23(27-29)16-5-9-19(10-6-16)32-20-11-7-17(25)8-12-20/h2,5-12,15,18H,1,3-4,13-14H2,(H2,26,31). The maximum atomic E-state index is 13.1. The zero-order chi connectivity index (χ0) is 22.7. The van der Waals surface area contributed by atoms with Crippen LogP contribution in [-0.4, -0.2) is 39.6 Å². The number of aromatic nitrogens is 2. The van der Waals surface area contributed by atoms with Gasteiger partial charge in [0.15, 0.2) is 0 Å². The molecule has 4 rings (SSSR count). The minimum absolute atomic E-state index is 0.0550. The Hall–Kier alpha value is -3.94. The molecule has 0 spiro atoms. The van der Waals surface area contributed by atoms with Gasteiger partial charge in [-0.25, -0.2) is 4.39 Å². The molecule has 0 bridgehead atoms. The Kier molecular flexibility index (Phi) is 6.02. The topological polar surface area (TPSA) is 90.5 Å². The molecule has 0 radical (unpaired) electrons.